The normalized spacial score (nSPS) is 23.8. The zero-order valence-electron chi connectivity index (χ0n) is 15.6. The maximum atomic E-state index is 12.8. The smallest absolute Gasteiger partial charge is 0.237 e. The highest BCUT2D eigenvalue weighted by Gasteiger charge is 2.47. The fraction of sp³-hybridized carbons (Fsp3) is 0.737. The summed E-state index contributed by atoms with van der Waals surface area (Å²) in [7, 11) is 2.20. The number of carbonyl (C=O) groups excluding carboxylic acids is 1. The van der Waals surface area contributed by atoms with Crippen LogP contribution < -0.4 is 5.32 Å². The van der Waals surface area contributed by atoms with Gasteiger partial charge >= 0.3 is 0 Å². The molecule has 1 N–H and O–H groups in total. The van der Waals surface area contributed by atoms with Gasteiger partial charge in [-0.3, -0.25) is 19.7 Å². The van der Waals surface area contributed by atoms with E-state index in [-0.39, 0.29) is 11.9 Å². The second kappa shape index (κ2) is 8.23. The Morgan fingerprint density at radius 2 is 2.16 bits per heavy atom. The number of amides is 1. The molecule has 2 aliphatic rings. The van der Waals surface area contributed by atoms with Gasteiger partial charge in [0.05, 0.1) is 11.7 Å². The van der Waals surface area contributed by atoms with Crippen molar-refractivity contribution in [2.24, 2.45) is 5.41 Å². The van der Waals surface area contributed by atoms with Crippen LogP contribution in [0.1, 0.15) is 38.3 Å². The minimum Gasteiger partial charge on any atom is -0.354 e. The summed E-state index contributed by atoms with van der Waals surface area (Å²) in [6.07, 6.45) is 10.4. The molecule has 0 aliphatic carbocycles. The minimum atomic E-state index is 0.0326. The third-order valence-electron chi connectivity index (χ3n) is 5.76. The van der Waals surface area contributed by atoms with Gasteiger partial charge in [-0.05, 0) is 57.8 Å². The summed E-state index contributed by atoms with van der Waals surface area (Å²) in [6, 6.07) is 0.0326. The molecule has 0 bridgehead atoms. The first-order chi connectivity index (χ1) is 12.1. The van der Waals surface area contributed by atoms with Crippen molar-refractivity contribution < 1.29 is 4.79 Å². The van der Waals surface area contributed by atoms with Gasteiger partial charge in [0.25, 0.3) is 0 Å². The van der Waals surface area contributed by atoms with Crippen LogP contribution in [0.2, 0.25) is 0 Å². The molecule has 1 unspecified atom stereocenters. The van der Waals surface area contributed by atoms with Crippen LogP contribution in [0.25, 0.3) is 0 Å². The number of nitrogens with one attached hydrogen (secondary N) is 1. The Morgan fingerprint density at radius 3 is 2.84 bits per heavy atom. The molecular formula is C19H31N5O. The van der Waals surface area contributed by atoms with E-state index in [2.05, 4.69) is 39.1 Å². The molecule has 2 fully saturated rings. The number of likely N-dealkylation sites (tertiary alicyclic amines) is 2. The monoisotopic (exact) mass is 345 g/mol. The largest absolute Gasteiger partial charge is 0.354 e. The second-order valence-corrected chi connectivity index (χ2v) is 7.73. The molecule has 25 heavy (non-hydrogen) atoms. The Bertz CT molecular complexity index is 556. The molecule has 3 rings (SSSR count). The van der Waals surface area contributed by atoms with Gasteiger partial charge in [-0.15, -0.1) is 0 Å². The van der Waals surface area contributed by atoms with Crippen LogP contribution in [0.15, 0.2) is 18.6 Å². The molecule has 0 radical (unpaired) electrons. The molecule has 1 aromatic heterocycles. The topological polar surface area (TPSA) is 61.4 Å². The first-order valence-electron chi connectivity index (χ1n) is 9.57. The van der Waals surface area contributed by atoms with E-state index in [1.54, 1.807) is 18.6 Å². The molecule has 138 valence electrons. The molecule has 0 aromatic carbocycles. The van der Waals surface area contributed by atoms with Crippen molar-refractivity contribution in [2.75, 3.05) is 39.8 Å². The standard InChI is InChI=1S/C19H31N5O/c1-3-10-24-15-19(5-11-23(2)12-6-19)13-17(24)18(25)22-7-4-16-14-20-8-9-21-16/h8-9,14,17H,3-7,10-13,15H2,1-2H3,(H,22,25). The fourth-order valence-electron chi connectivity index (χ4n) is 4.27. The zero-order chi connectivity index (χ0) is 17.7. The molecule has 6 heteroatoms. The molecule has 0 saturated carbocycles. The number of aromatic nitrogens is 2. The summed E-state index contributed by atoms with van der Waals surface area (Å²) < 4.78 is 0. The quantitative estimate of drug-likeness (QED) is 0.843. The summed E-state index contributed by atoms with van der Waals surface area (Å²) in [6.45, 7) is 7.23. The maximum Gasteiger partial charge on any atom is 0.237 e. The number of rotatable bonds is 6. The number of piperidine rings is 1. The Balaban J connectivity index is 1.55. The third-order valence-corrected chi connectivity index (χ3v) is 5.76. The van der Waals surface area contributed by atoms with E-state index in [0.717, 1.165) is 51.1 Å². The molecule has 3 heterocycles. The molecule has 2 aliphatic heterocycles. The number of carbonyl (C=O) groups is 1. The lowest BCUT2D eigenvalue weighted by Gasteiger charge is -2.37. The van der Waals surface area contributed by atoms with Gasteiger partial charge in [-0.25, -0.2) is 0 Å². The molecule has 1 aromatic rings. The summed E-state index contributed by atoms with van der Waals surface area (Å²) in [5, 5.41) is 3.13. The lowest BCUT2D eigenvalue weighted by Crippen LogP contribution is -2.44. The van der Waals surface area contributed by atoms with Gasteiger partial charge in [0.1, 0.15) is 0 Å². The van der Waals surface area contributed by atoms with E-state index in [1.165, 1.54) is 12.8 Å². The van der Waals surface area contributed by atoms with Gasteiger partial charge in [0.2, 0.25) is 5.91 Å². The molecule has 1 atom stereocenters. The van der Waals surface area contributed by atoms with Crippen LogP contribution >= 0.6 is 0 Å². The van der Waals surface area contributed by atoms with E-state index >= 15 is 0 Å². The second-order valence-electron chi connectivity index (χ2n) is 7.73. The third kappa shape index (κ3) is 4.55. The highest BCUT2D eigenvalue weighted by Crippen LogP contribution is 2.43. The molecule has 6 nitrogen and oxygen atoms in total. The van der Waals surface area contributed by atoms with Crippen LogP contribution in [-0.4, -0.2) is 71.5 Å². The van der Waals surface area contributed by atoms with Crippen LogP contribution in [0.4, 0.5) is 0 Å². The minimum absolute atomic E-state index is 0.0326. The Morgan fingerprint density at radius 1 is 1.36 bits per heavy atom. The Kier molecular flexibility index (Phi) is 6.02. The van der Waals surface area contributed by atoms with Crippen LogP contribution in [0.5, 0.6) is 0 Å². The van der Waals surface area contributed by atoms with Crippen LogP contribution in [-0.2, 0) is 11.2 Å². The van der Waals surface area contributed by atoms with E-state index in [9.17, 15) is 4.79 Å². The summed E-state index contributed by atoms with van der Waals surface area (Å²) in [5.41, 5.74) is 1.26. The first-order valence-corrected chi connectivity index (χ1v) is 9.57. The fourth-order valence-corrected chi connectivity index (χ4v) is 4.27. The summed E-state index contributed by atoms with van der Waals surface area (Å²) in [5.74, 6) is 0.188. The van der Waals surface area contributed by atoms with E-state index in [4.69, 9.17) is 0 Å². The first kappa shape index (κ1) is 18.3. The Labute approximate surface area is 151 Å². The SMILES string of the molecule is CCCN1CC2(CCN(C)CC2)CC1C(=O)NCCc1cnccn1. The Hall–Kier alpha value is -1.53. The summed E-state index contributed by atoms with van der Waals surface area (Å²) in [4.78, 5) is 26.0. The highest BCUT2D eigenvalue weighted by atomic mass is 16.2. The van der Waals surface area contributed by atoms with Crippen molar-refractivity contribution in [3.63, 3.8) is 0 Å². The zero-order valence-corrected chi connectivity index (χ0v) is 15.6. The number of hydrogen-bond donors (Lipinski definition) is 1. The van der Waals surface area contributed by atoms with Crippen molar-refractivity contribution in [1.82, 2.24) is 25.1 Å². The average molecular weight is 345 g/mol. The van der Waals surface area contributed by atoms with Crippen molar-refractivity contribution in [2.45, 2.75) is 45.1 Å². The predicted octanol–water partition coefficient (Wildman–Crippen LogP) is 1.33. The maximum absolute atomic E-state index is 12.8. The van der Waals surface area contributed by atoms with Crippen molar-refractivity contribution in [3.05, 3.63) is 24.3 Å². The lowest BCUT2D eigenvalue weighted by molar-refractivity contribution is -0.125. The van der Waals surface area contributed by atoms with Gasteiger partial charge < -0.3 is 10.2 Å². The number of nitrogens with zero attached hydrogens (tertiary/aromatic N) is 4. The van der Waals surface area contributed by atoms with Gasteiger partial charge in [0, 0.05) is 38.1 Å². The van der Waals surface area contributed by atoms with Gasteiger partial charge in [0.15, 0.2) is 0 Å². The van der Waals surface area contributed by atoms with Crippen molar-refractivity contribution in [1.29, 1.82) is 0 Å². The molecular weight excluding hydrogens is 314 g/mol. The average Bonchev–Trinajstić information content (AvgIpc) is 2.97. The van der Waals surface area contributed by atoms with E-state index < -0.39 is 0 Å². The van der Waals surface area contributed by atoms with Crippen LogP contribution in [0.3, 0.4) is 0 Å². The van der Waals surface area contributed by atoms with Gasteiger partial charge in [-0.1, -0.05) is 6.92 Å². The predicted molar refractivity (Wildman–Crippen MR) is 98.2 cm³/mol. The summed E-state index contributed by atoms with van der Waals surface area (Å²) >= 11 is 0. The molecule has 2 saturated heterocycles. The highest BCUT2D eigenvalue weighted by molar-refractivity contribution is 5.82. The van der Waals surface area contributed by atoms with E-state index in [0.29, 0.717) is 12.0 Å². The lowest BCUT2D eigenvalue weighted by atomic mass is 9.76. The molecule has 1 spiro atoms. The van der Waals surface area contributed by atoms with Crippen LogP contribution in [0, 0.1) is 5.41 Å². The van der Waals surface area contributed by atoms with Gasteiger partial charge in [-0.2, -0.15) is 0 Å². The van der Waals surface area contributed by atoms with Crippen molar-refractivity contribution >= 4 is 5.91 Å². The number of hydrogen-bond acceptors (Lipinski definition) is 5. The van der Waals surface area contributed by atoms with E-state index in [1.807, 2.05) is 0 Å². The molecule has 1 amide bonds. The van der Waals surface area contributed by atoms with Crippen molar-refractivity contribution in [3.8, 4) is 0 Å².